The highest BCUT2D eigenvalue weighted by Crippen LogP contribution is 2.36. The topological polar surface area (TPSA) is 56.2 Å². The van der Waals surface area contributed by atoms with Crippen molar-refractivity contribution in [3.8, 4) is 0 Å². The Morgan fingerprint density at radius 3 is 3.07 bits per heavy atom. The molecule has 0 radical (unpaired) electrons. The molecule has 0 saturated heterocycles. The number of hydrogen-bond donors (Lipinski definition) is 1. The molecule has 1 fully saturated rings. The zero-order valence-electron chi connectivity index (χ0n) is 8.56. The first-order chi connectivity index (χ1) is 7.25. The second-order valence-electron chi connectivity index (χ2n) is 4.42. The maximum atomic E-state index is 6.04. The Hall–Kier alpha value is -1.42. The Balaban J connectivity index is 1.79. The zero-order chi connectivity index (χ0) is 10.3. The molecule has 1 aliphatic carbocycles. The van der Waals surface area contributed by atoms with Crippen LogP contribution in [0.1, 0.15) is 25.0 Å². The highest BCUT2D eigenvalue weighted by atomic mass is 15.2. The molecule has 1 aliphatic rings. The summed E-state index contributed by atoms with van der Waals surface area (Å²) in [4.78, 5) is 4.23. The molecular formula is C11H14N4. The molecule has 0 unspecified atom stereocenters. The first-order valence-electron chi connectivity index (χ1n) is 5.33. The highest BCUT2D eigenvalue weighted by Gasteiger charge is 2.37. The van der Waals surface area contributed by atoms with Gasteiger partial charge in [0.25, 0.3) is 0 Å². The number of aryl methyl sites for hydroxylation is 1. The van der Waals surface area contributed by atoms with Crippen LogP contribution >= 0.6 is 0 Å². The van der Waals surface area contributed by atoms with Crippen molar-refractivity contribution < 1.29 is 0 Å². The average molecular weight is 202 g/mol. The summed E-state index contributed by atoms with van der Waals surface area (Å²) in [6, 6.07) is 3.92. The van der Waals surface area contributed by atoms with Crippen LogP contribution in [0.5, 0.6) is 0 Å². The van der Waals surface area contributed by atoms with Crippen molar-refractivity contribution in [2.45, 2.75) is 31.2 Å². The van der Waals surface area contributed by atoms with Gasteiger partial charge in [0.2, 0.25) is 0 Å². The number of aromatic nitrogens is 3. The molecule has 2 heterocycles. The summed E-state index contributed by atoms with van der Waals surface area (Å²) < 4.78 is 1.81. The van der Waals surface area contributed by atoms with Gasteiger partial charge in [0.05, 0.1) is 5.69 Å². The molecule has 1 saturated carbocycles. The molecule has 0 aromatic carbocycles. The summed E-state index contributed by atoms with van der Waals surface area (Å²) in [7, 11) is 0. The number of fused-ring (bicyclic) bond motifs is 1. The Kier molecular flexibility index (Phi) is 1.79. The van der Waals surface area contributed by atoms with Crippen LogP contribution in [0.25, 0.3) is 5.65 Å². The molecule has 78 valence electrons. The molecule has 2 N–H and O–H groups in total. The van der Waals surface area contributed by atoms with Gasteiger partial charge < -0.3 is 5.73 Å². The van der Waals surface area contributed by atoms with Gasteiger partial charge in [-0.1, -0.05) is 0 Å². The fraction of sp³-hybridized carbons (Fsp3) is 0.455. The molecule has 2 aromatic rings. The lowest BCUT2D eigenvalue weighted by molar-refractivity contribution is 0.601. The van der Waals surface area contributed by atoms with E-state index in [9.17, 15) is 0 Å². The van der Waals surface area contributed by atoms with Gasteiger partial charge in [0, 0.05) is 24.0 Å². The van der Waals surface area contributed by atoms with Gasteiger partial charge >= 0.3 is 0 Å². The summed E-state index contributed by atoms with van der Waals surface area (Å²) in [6.45, 7) is 0. The van der Waals surface area contributed by atoms with Crippen LogP contribution in [-0.2, 0) is 6.42 Å². The molecular weight excluding hydrogens is 188 g/mol. The molecule has 3 rings (SSSR count). The highest BCUT2D eigenvalue weighted by molar-refractivity contribution is 5.38. The van der Waals surface area contributed by atoms with Gasteiger partial charge in [0.15, 0.2) is 5.65 Å². The van der Waals surface area contributed by atoms with Crippen LogP contribution in [0.3, 0.4) is 0 Å². The smallest absolute Gasteiger partial charge is 0.155 e. The lowest BCUT2D eigenvalue weighted by Gasteiger charge is -2.04. The molecule has 0 amide bonds. The average Bonchev–Trinajstić information content (AvgIpc) is 2.83. The number of hydrogen-bond acceptors (Lipinski definition) is 3. The Morgan fingerprint density at radius 1 is 1.47 bits per heavy atom. The standard InChI is InChI=1S/C11H14N4/c12-11(4-5-11)3-2-9-8-10-13-6-1-7-15(10)14-9/h1,6-8H,2-5,12H2. The molecule has 0 spiro atoms. The number of nitrogens with zero attached hydrogens (tertiary/aromatic N) is 3. The van der Waals surface area contributed by atoms with E-state index in [1.165, 1.54) is 12.8 Å². The zero-order valence-corrected chi connectivity index (χ0v) is 8.56. The van der Waals surface area contributed by atoms with Gasteiger partial charge in [-0.25, -0.2) is 9.50 Å². The minimum absolute atomic E-state index is 0.114. The van der Waals surface area contributed by atoms with Crippen LogP contribution < -0.4 is 5.73 Å². The monoisotopic (exact) mass is 202 g/mol. The van der Waals surface area contributed by atoms with Gasteiger partial charge in [0.1, 0.15) is 0 Å². The SMILES string of the molecule is NC1(CCc2cc3ncccn3n2)CC1. The lowest BCUT2D eigenvalue weighted by atomic mass is 10.1. The maximum Gasteiger partial charge on any atom is 0.155 e. The lowest BCUT2D eigenvalue weighted by Crippen LogP contribution is -2.22. The van der Waals surface area contributed by atoms with E-state index in [0.29, 0.717) is 0 Å². The van der Waals surface area contributed by atoms with Gasteiger partial charge in [-0.2, -0.15) is 5.10 Å². The fourth-order valence-corrected chi connectivity index (χ4v) is 1.79. The van der Waals surface area contributed by atoms with Crippen LogP contribution in [-0.4, -0.2) is 20.1 Å². The molecule has 0 atom stereocenters. The first kappa shape index (κ1) is 8.85. The van der Waals surface area contributed by atoms with Gasteiger partial charge in [-0.05, 0) is 31.7 Å². The quantitative estimate of drug-likeness (QED) is 0.812. The predicted octanol–water partition coefficient (Wildman–Crippen LogP) is 1.15. The Bertz CT molecular complexity index is 451. The molecule has 4 heteroatoms. The van der Waals surface area contributed by atoms with Crippen LogP contribution in [0, 0.1) is 0 Å². The van der Waals surface area contributed by atoms with E-state index >= 15 is 0 Å². The van der Waals surface area contributed by atoms with E-state index < -0.39 is 0 Å². The summed E-state index contributed by atoms with van der Waals surface area (Å²) in [5.41, 5.74) is 8.15. The minimum Gasteiger partial charge on any atom is -0.325 e. The molecule has 0 bridgehead atoms. The van der Waals surface area contributed by atoms with Gasteiger partial charge in [-0.15, -0.1) is 0 Å². The van der Waals surface area contributed by atoms with E-state index in [4.69, 9.17) is 5.73 Å². The van der Waals surface area contributed by atoms with E-state index in [1.54, 1.807) is 6.20 Å². The number of rotatable bonds is 3. The van der Waals surface area contributed by atoms with E-state index in [1.807, 2.05) is 22.8 Å². The van der Waals surface area contributed by atoms with Crippen molar-refractivity contribution in [3.63, 3.8) is 0 Å². The second kappa shape index (κ2) is 3.03. The molecule has 4 nitrogen and oxygen atoms in total. The third-order valence-corrected chi connectivity index (χ3v) is 3.06. The largest absolute Gasteiger partial charge is 0.325 e. The normalized spacial score (nSPS) is 18.2. The first-order valence-corrected chi connectivity index (χ1v) is 5.33. The Labute approximate surface area is 88.1 Å². The van der Waals surface area contributed by atoms with Crippen LogP contribution in [0.4, 0.5) is 0 Å². The molecule has 2 aromatic heterocycles. The van der Waals surface area contributed by atoms with E-state index in [0.717, 1.165) is 24.2 Å². The minimum atomic E-state index is 0.114. The van der Waals surface area contributed by atoms with Crippen molar-refractivity contribution in [2.75, 3.05) is 0 Å². The molecule has 15 heavy (non-hydrogen) atoms. The van der Waals surface area contributed by atoms with E-state index in [2.05, 4.69) is 10.1 Å². The van der Waals surface area contributed by atoms with Crippen molar-refractivity contribution in [1.82, 2.24) is 14.6 Å². The number of nitrogens with two attached hydrogens (primary N) is 1. The van der Waals surface area contributed by atoms with Crippen molar-refractivity contribution in [2.24, 2.45) is 5.73 Å². The van der Waals surface area contributed by atoms with Crippen molar-refractivity contribution in [3.05, 3.63) is 30.2 Å². The maximum absolute atomic E-state index is 6.04. The van der Waals surface area contributed by atoms with Gasteiger partial charge in [-0.3, -0.25) is 0 Å². The summed E-state index contributed by atoms with van der Waals surface area (Å²) in [5.74, 6) is 0. The van der Waals surface area contributed by atoms with Crippen molar-refractivity contribution in [1.29, 1.82) is 0 Å². The fourth-order valence-electron chi connectivity index (χ4n) is 1.79. The van der Waals surface area contributed by atoms with Crippen LogP contribution in [0.2, 0.25) is 0 Å². The summed E-state index contributed by atoms with van der Waals surface area (Å²) in [5, 5.41) is 4.44. The summed E-state index contributed by atoms with van der Waals surface area (Å²) in [6.07, 6.45) is 8.03. The molecule has 0 aliphatic heterocycles. The van der Waals surface area contributed by atoms with Crippen LogP contribution in [0.15, 0.2) is 24.5 Å². The van der Waals surface area contributed by atoms with Crippen molar-refractivity contribution >= 4 is 5.65 Å². The summed E-state index contributed by atoms with van der Waals surface area (Å²) >= 11 is 0. The predicted molar refractivity (Wildman–Crippen MR) is 57.5 cm³/mol. The third-order valence-electron chi connectivity index (χ3n) is 3.06. The van der Waals surface area contributed by atoms with E-state index in [-0.39, 0.29) is 5.54 Å². The third kappa shape index (κ3) is 1.72. The second-order valence-corrected chi connectivity index (χ2v) is 4.42. The Morgan fingerprint density at radius 2 is 2.33 bits per heavy atom.